The first kappa shape index (κ1) is 17.9. The van der Waals surface area contributed by atoms with Crippen molar-refractivity contribution in [2.75, 3.05) is 13.2 Å². The second-order valence-corrected chi connectivity index (χ2v) is 5.40. The molecule has 0 aromatic heterocycles. The molecule has 0 aliphatic carbocycles. The van der Waals surface area contributed by atoms with E-state index >= 15 is 0 Å². The van der Waals surface area contributed by atoms with Gasteiger partial charge in [0, 0.05) is 0 Å². The monoisotopic (exact) mass is 290 g/mol. The number of hydrogen-bond donors (Lipinski definition) is 0. The number of hydrogen-bond acceptors (Lipinski definition) is 2. The summed E-state index contributed by atoms with van der Waals surface area (Å²) in [5.74, 6) is 0.373. The Labute approximate surface area is 130 Å². The fraction of sp³-hybridized carbons (Fsp3) is 0.579. The highest BCUT2D eigenvalue weighted by atomic mass is 16.7. The molecule has 0 fully saturated rings. The van der Waals surface area contributed by atoms with E-state index < -0.39 is 0 Å². The van der Waals surface area contributed by atoms with Gasteiger partial charge in [0.2, 0.25) is 0 Å². The Morgan fingerprint density at radius 1 is 0.905 bits per heavy atom. The molecule has 0 aliphatic heterocycles. The van der Waals surface area contributed by atoms with Crippen LogP contribution in [0.15, 0.2) is 42.5 Å². The summed E-state index contributed by atoms with van der Waals surface area (Å²) in [6, 6.07) is 10.5. The van der Waals surface area contributed by atoms with Gasteiger partial charge >= 0.3 is 0 Å². The number of rotatable bonds is 11. The molecule has 1 aromatic rings. The van der Waals surface area contributed by atoms with Crippen LogP contribution in [0, 0.1) is 0 Å². The second-order valence-electron chi connectivity index (χ2n) is 5.40. The van der Waals surface area contributed by atoms with Gasteiger partial charge in [0.1, 0.15) is 0 Å². The molecule has 0 spiro atoms. The van der Waals surface area contributed by atoms with Gasteiger partial charge in [-0.1, -0.05) is 70.0 Å². The average molecular weight is 290 g/mol. The van der Waals surface area contributed by atoms with Crippen LogP contribution in [-0.4, -0.2) is 19.5 Å². The van der Waals surface area contributed by atoms with E-state index in [9.17, 15) is 0 Å². The van der Waals surface area contributed by atoms with Gasteiger partial charge in [-0.25, -0.2) is 0 Å². The first-order valence-electron chi connectivity index (χ1n) is 8.24. The maximum Gasteiger partial charge on any atom is 0.176 e. The minimum absolute atomic E-state index is 0.214. The molecule has 2 nitrogen and oxygen atoms in total. The van der Waals surface area contributed by atoms with Crippen molar-refractivity contribution in [2.24, 2.45) is 0 Å². The standard InChI is InChI=1S/C19H30O2/c1-4-6-15-20-19(21-16-7-5-2)14-13-17(3)18-11-9-8-10-12-18/h8-14,17,19H,4-7,15-16H2,1-3H3/b14-13+. The average Bonchev–Trinajstić information content (AvgIpc) is 2.53. The minimum Gasteiger partial charge on any atom is -0.349 e. The molecule has 0 saturated heterocycles. The molecule has 1 aromatic carbocycles. The summed E-state index contributed by atoms with van der Waals surface area (Å²) in [5.41, 5.74) is 1.31. The quantitative estimate of drug-likeness (QED) is 0.312. The predicted octanol–water partition coefficient (Wildman–Crippen LogP) is 5.31. The van der Waals surface area contributed by atoms with Crippen molar-refractivity contribution in [3.63, 3.8) is 0 Å². The Hall–Kier alpha value is -1.12. The third-order valence-corrected chi connectivity index (χ3v) is 3.44. The Balaban J connectivity index is 2.50. The Bertz CT molecular complexity index is 362. The van der Waals surface area contributed by atoms with Gasteiger partial charge in [-0.15, -0.1) is 0 Å². The van der Waals surface area contributed by atoms with E-state index in [1.54, 1.807) is 0 Å². The minimum atomic E-state index is -0.214. The Morgan fingerprint density at radius 2 is 1.48 bits per heavy atom. The molecule has 0 bridgehead atoms. The highest BCUT2D eigenvalue weighted by molar-refractivity contribution is 5.22. The van der Waals surface area contributed by atoms with Crippen LogP contribution in [0.1, 0.15) is 57.9 Å². The van der Waals surface area contributed by atoms with Crippen LogP contribution in [0.3, 0.4) is 0 Å². The lowest BCUT2D eigenvalue weighted by Gasteiger charge is -2.16. The summed E-state index contributed by atoms with van der Waals surface area (Å²) in [7, 11) is 0. The van der Waals surface area contributed by atoms with Gasteiger partial charge in [0.05, 0.1) is 13.2 Å². The summed E-state index contributed by atoms with van der Waals surface area (Å²) in [6.45, 7) is 8.06. The molecular weight excluding hydrogens is 260 g/mol. The lowest BCUT2D eigenvalue weighted by molar-refractivity contribution is -0.112. The largest absolute Gasteiger partial charge is 0.349 e. The van der Waals surface area contributed by atoms with Gasteiger partial charge in [-0.2, -0.15) is 0 Å². The molecule has 1 unspecified atom stereocenters. The number of unbranched alkanes of at least 4 members (excludes halogenated alkanes) is 2. The first-order valence-corrected chi connectivity index (χ1v) is 8.24. The summed E-state index contributed by atoms with van der Waals surface area (Å²) in [6.07, 6.45) is 8.47. The zero-order valence-corrected chi connectivity index (χ0v) is 13.8. The normalized spacial score (nSPS) is 13.1. The molecule has 118 valence electrons. The zero-order chi connectivity index (χ0) is 15.3. The van der Waals surface area contributed by atoms with Crippen LogP contribution in [0.2, 0.25) is 0 Å². The number of benzene rings is 1. The molecule has 2 heteroatoms. The van der Waals surface area contributed by atoms with Crippen molar-refractivity contribution in [1.82, 2.24) is 0 Å². The van der Waals surface area contributed by atoms with Gasteiger partial charge in [0.15, 0.2) is 6.29 Å². The van der Waals surface area contributed by atoms with Crippen LogP contribution < -0.4 is 0 Å². The molecule has 0 saturated carbocycles. The third-order valence-electron chi connectivity index (χ3n) is 3.44. The summed E-state index contributed by atoms with van der Waals surface area (Å²) >= 11 is 0. The number of ether oxygens (including phenoxy) is 2. The molecule has 0 amide bonds. The van der Waals surface area contributed by atoms with Crippen LogP contribution >= 0.6 is 0 Å². The van der Waals surface area contributed by atoms with E-state index in [1.165, 1.54) is 5.56 Å². The zero-order valence-electron chi connectivity index (χ0n) is 13.8. The maximum atomic E-state index is 5.81. The van der Waals surface area contributed by atoms with Crippen molar-refractivity contribution in [3.8, 4) is 0 Å². The lowest BCUT2D eigenvalue weighted by atomic mass is 10.0. The van der Waals surface area contributed by atoms with E-state index in [2.05, 4.69) is 57.2 Å². The van der Waals surface area contributed by atoms with E-state index in [0.29, 0.717) is 5.92 Å². The maximum absolute atomic E-state index is 5.81. The van der Waals surface area contributed by atoms with Gasteiger partial charge < -0.3 is 9.47 Å². The highest BCUT2D eigenvalue weighted by Crippen LogP contribution is 2.16. The smallest absolute Gasteiger partial charge is 0.176 e. The summed E-state index contributed by atoms with van der Waals surface area (Å²) in [5, 5.41) is 0. The van der Waals surface area contributed by atoms with Crippen molar-refractivity contribution in [1.29, 1.82) is 0 Å². The fourth-order valence-electron chi connectivity index (χ4n) is 1.97. The summed E-state index contributed by atoms with van der Waals surface area (Å²) in [4.78, 5) is 0. The van der Waals surface area contributed by atoms with Crippen molar-refractivity contribution in [3.05, 3.63) is 48.0 Å². The fourth-order valence-corrected chi connectivity index (χ4v) is 1.97. The van der Waals surface area contributed by atoms with Crippen LogP contribution in [0.5, 0.6) is 0 Å². The van der Waals surface area contributed by atoms with Crippen molar-refractivity contribution in [2.45, 2.75) is 58.7 Å². The molecule has 0 radical (unpaired) electrons. The molecular formula is C19H30O2. The Kier molecular flexibility index (Phi) is 9.84. The molecule has 1 atom stereocenters. The number of allylic oxidation sites excluding steroid dienone is 1. The van der Waals surface area contributed by atoms with Gasteiger partial charge in [-0.05, 0) is 30.4 Å². The third kappa shape index (κ3) is 8.03. The van der Waals surface area contributed by atoms with Crippen molar-refractivity contribution < 1.29 is 9.47 Å². The predicted molar refractivity (Wildman–Crippen MR) is 89.5 cm³/mol. The van der Waals surface area contributed by atoms with E-state index in [-0.39, 0.29) is 6.29 Å². The van der Waals surface area contributed by atoms with Crippen LogP contribution in [0.25, 0.3) is 0 Å². The van der Waals surface area contributed by atoms with Gasteiger partial charge in [-0.3, -0.25) is 0 Å². The molecule has 0 N–H and O–H groups in total. The second kappa shape index (κ2) is 11.5. The molecule has 0 aliphatic rings. The van der Waals surface area contributed by atoms with Gasteiger partial charge in [0.25, 0.3) is 0 Å². The molecule has 0 heterocycles. The first-order chi connectivity index (χ1) is 10.3. The summed E-state index contributed by atoms with van der Waals surface area (Å²) < 4.78 is 11.6. The molecule has 1 rings (SSSR count). The Morgan fingerprint density at radius 3 is 2.00 bits per heavy atom. The van der Waals surface area contributed by atoms with Crippen LogP contribution in [0.4, 0.5) is 0 Å². The lowest BCUT2D eigenvalue weighted by Crippen LogP contribution is -2.16. The topological polar surface area (TPSA) is 18.5 Å². The van der Waals surface area contributed by atoms with E-state index in [0.717, 1.165) is 38.9 Å². The highest BCUT2D eigenvalue weighted by Gasteiger charge is 2.06. The van der Waals surface area contributed by atoms with Crippen LogP contribution in [-0.2, 0) is 9.47 Å². The van der Waals surface area contributed by atoms with Crippen molar-refractivity contribution >= 4 is 0 Å². The van der Waals surface area contributed by atoms with E-state index in [1.807, 2.05) is 6.07 Å². The SMILES string of the molecule is CCCCOC(/C=C/C(C)c1ccccc1)OCCCC. The molecule has 21 heavy (non-hydrogen) atoms. The van der Waals surface area contributed by atoms with E-state index in [4.69, 9.17) is 9.47 Å².